The maximum atomic E-state index is 11.5. The van der Waals surface area contributed by atoms with Gasteiger partial charge in [-0.1, -0.05) is 0 Å². The van der Waals surface area contributed by atoms with Crippen LogP contribution in [0.5, 0.6) is 0 Å². The molecule has 2 aromatic heterocycles. The molecule has 1 saturated carbocycles. The highest BCUT2D eigenvalue weighted by Crippen LogP contribution is 2.38. The predicted molar refractivity (Wildman–Crippen MR) is 74.1 cm³/mol. The fraction of sp³-hybridized carbons (Fsp3) is 0.385. The van der Waals surface area contributed by atoms with Gasteiger partial charge in [-0.3, -0.25) is 4.79 Å². The Balaban J connectivity index is 1.98. The monoisotopic (exact) mass is 272 g/mol. The molecule has 7 nitrogen and oxygen atoms in total. The quantitative estimate of drug-likeness (QED) is 0.865. The number of hydrogen-bond donors (Lipinski definition) is 2. The van der Waals surface area contributed by atoms with E-state index in [9.17, 15) is 4.79 Å². The molecule has 3 rings (SSSR count). The molecular weight excluding hydrogens is 256 g/mol. The van der Waals surface area contributed by atoms with Crippen molar-refractivity contribution in [3.05, 3.63) is 29.8 Å². The number of carbonyl (C=O) groups excluding carboxylic acids is 1. The highest BCUT2D eigenvalue weighted by atomic mass is 16.1. The van der Waals surface area contributed by atoms with E-state index < -0.39 is 0 Å². The molecule has 0 atom stereocenters. The highest BCUT2D eigenvalue weighted by Gasteiger charge is 2.27. The molecule has 0 unspecified atom stereocenters. The third kappa shape index (κ3) is 2.34. The van der Waals surface area contributed by atoms with E-state index in [2.05, 4.69) is 25.7 Å². The molecule has 20 heavy (non-hydrogen) atoms. The molecule has 2 N–H and O–H groups in total. The first-order chi connectivity index (χ1) is 9.71. The van der Waals surface area contributed by atoms with E-state index in [0.717, 1.165) is 24.5 Å². The topological polar surface area (TPSA) is 84.7 Å². The van der Waals surface area contributed by atoms with E-state index >= 15 is 0 Å². The summed E-state index contributed by atoms with van der Waals surface area (Å²) < 4.78 is 1.60. The molecule has 7 heteroatoms. The molecular formula is C13H16N6O. The van der Waals surface area contributed by atoms with Crippen LogP contribution in [0.1, 0.15) is 35.1 Å². The largest absolute Gasteiger partial charge is 0.373 e. The van der Waals surface area contributed by atoms with Crippen molar-refractivity contribution in [3.8, 4) is 5.82 Å². The summed E-state index contributed by atoms with van der Waals surface area (Å²) in [5.41, 5.74) is 0.366. The minimum absolute atomic E-state index is 0.214. The molecule has 2 heterocycles. The van der Waals surface area contributed by atoms with Gasteiger partial charge in [0.05, 0.1) is 0 Å². The smallest absolute Gasteiger partial charge is 0.271 e. The predicted octanol–water partition coefficient (Wildman–Crippen LogP) is 0.941. The van der Waals surface area contributed by atoms with Gasteiger partial charge in [0.15, 0.2) is 11.5 Å². The maximum absolute atomic E-state index is 11.5. The van der Waals surface area contributed by atoms with Crippen LogP contribution in [0, 0.1) is 0 Å². The van der Waals surface area contributed by atoms with E-state index in [-0.39, 0.29) is 5.91 Å². The van der Waals surface area contributed by atoms with Gasteiger partial charge in [-0.05, 0) is 18.9 Å². The Morgan fingerprint density at radius 2 is 2.15 bits per heavy atom. The lowest BCUT2D eigenvalue weighted by Gasteiger charge is -2.07. The molecule has 0 spiro atoms. The molecule has 0 saturated heterocycles. The molecule has 1 aliphatic rings. The second-order valence-corrected chi connectivity index (χ2v) is 4.72. The third-order valence-electron chi connectivity index (χ3n) is 3.21. The van der Waals surface area contributed by atoms with Crippen LogP contribution < -0.4 is 10.6 Å². The summed E-state index contributed by atoms with van der Waals surface area (Å²) in [5, 5.41) is 9.81. The number of anilines is 1. The van der Waals surface area contributed by atoms with Crippen LogP contribution in [0.25, 0.3) is 5.82 Å². The zero-order valence-corrected chi connectivity index (χ0v) is 11.4. The summed E-state index contributed by atoms with van der Waals surface area (Å²) in [6, 6.07) is 3.48. The van der Waals surface area contributed by atoms with E-state index in [1.165, 1.54) is 0 Å². The van der Waals surface area contributed by atoms with E-state index in [4.69, 9.17) is 0 Å². The summed E-state index contributed by atoms with van der Waals surface area (Å²) in [6.45, 7) is 0. The molecule has 1 aliphatic carbocycles. The second kappa shape index (κ2) is 4.92. The fourth-order valence-corrected chi connectivity index (χ4v) is 1.92. The summed E-state index contributed by atoms with van der Waals surface area (Å²) in [4.78, 5) is 20.5. The van der Waals surface area contributed by atoms with Crippen molar-refractivity contribution in [3.63, 3.8) is 0 Å². The van der Waals surface area contributed by atoms with Crippen molar-refractivity contribution in [2.75, 3.05) is 19.4 Å². The molecule has 0 aliphatic heterocycles. The normalized spacial score (nSPS) is 14.1. The molecule has 0 aromatic carbocycles. The number of nitrogens with one attached hydrogen (secondary N) is 2. The average molecular weight is 272 g/mol. The van der Waals surface area contributed by atoms with Crippen molar-refractivity contribution >= 4 is 11.7 Å². The van der Waals surface area contributed by atoms with Gasteiger partial charge in [0.2, 0.25) is 0 Å². The third-order valence-corrected chi connectivity index (χ3v) is 3.21. The summed E-state index contributed by atoms with van der Waals surface area (Å²) in [5.74, 6) is 2.50. The molecule has 104 valence electrons. The van der Waals surface area contributed by atoms with Crippen LogP contribution >= 0.6 is 0 Å². The molecule has 1 fully saturated rings. The Morgan fingerprint density at radius 1 is 1.35 bits per heavy atom. The van der Waals surface area contributed by atoms with E-state index in [0.29, 0.717) is 17.4 Å². The van der Waals surface area contributed by atoms with Crippen molar-refractivity contribution in [1.82, 2.24) is 25.1 Å². The SMILES string of the molecule is CNC(=O)c1ccn(-c2cc(NC)nc(C3CC3)n2)n1. The van der Waals surface area contributed by atoms with Crippen LogP contribution in [0.15, 0.2) is 18.3 Å². The van der Waals surface area contributed by atoms with Gasteiger partial charge in [0.1, 0.15) is 11.6 Å². The van der Waals surface area contributed by atoms with Crippen LogP contribution in [0.4, 0.5) is 5.82 Å². The Bertz CT molecular complexity index is 646. The number of aromatic nitrogens is 4. The summed E-state index contributed by atoms with van der Waals surface area (Å²) in [7, 11) is 3.40. The first-order valence-electron chi connectivity index (χ1n) is 6.56. The molecule has 1 amide bonds. The van der Waals surface area contributed by atoms with Gasteiger partial charge in [-0.15, -0.1) is 0 Å². The fourth-order valence-electron chi connectivity index (χ4n) is 1.92. The Labute approximate surface area is 116 Å². The number of carbonyl (C=O) groups is 1. The summed E-state index contributed by atoms with van der Waals surface area (Å²) >= 11 is 0. The molecule has 0 radical (unpaired) electrons. The van der Waals surface area contributed by atoms with Crippen molar-refractivity contribution in [1.29, 1.82) is 0 Å². The van der Waals surface area contributed by atoms with Gasteiger partial charge in [-0.2, -0.15) is 5.10 Å². The van der Waals surface area contributed by atoms with Gasteiger partial charge in [-0.25, -0.2) is 14.6 Å². The zero-order chi connectivity index (χ0) is 14.1. The molecule has 0 bridgehead atoms. The van der Waals surface area contributed by atoms with Gasteiger partial charge < -0.3 is 10.6 Å². The Hall–Kier alpha value is -2.44. The Morgan fingerprint density at radius 3 is 2.80 bits per heavy atom. The number of nitrogens with zero attached hydrogens (tertiary/aromatic N) is 4. The van der Waals surface area contributed by atoms with Gasteiger partial charge >= 0.3 is 0 Å². The van der Waals surface area contributed by atoms with Crippen molar-refractivity contribution in [2.45, 2.75) is 18.8 Å². The minimum atomic E-state index is -0.214. The second-order valence-electron chi connectivity index (χ2n) is 4.72. The number of hydrogen-bond acceptors (Lipinski definition) is 5. The lowest BCUT2D eigenvalue weighted by Crippen LogP contribution is -2.18. The molecule has 2 aromatic rings. The maximum Gasteiger partial charge on any atom is 0.271 e. The number of amides is 1. The first-order valence-corrected chi connectivity index (χ1v) is 6.56. The summed E-state index contributed by atoms with van der Waals surface area (Å²) in [6.07, 6.45) is 3.99. The van der Waals surface area contributed by atoms with Crippen LogP contribution in [0.2, 0.25) is 0 Å². The highest BCUT2D eigenvalue weighted by molar-refractivity contribution is 5.91. The standard InChI is InChI=1S/C13H16N6O/c1-14-10-7-11(17-12(16-10)8-3-4-8)19-6-5-9(18-19)13(20)15-2/h5-8H,3-4H2,1-2H3,(H,15,20)(H,14,16,17). The first kappa shape index (κ1) is 12.6. The van der Waals surface area contributed by atoms with Crippen LogP contribution in [-0.4, -0.2) is 39.8 Å². The zero-order valence-electron chi connectivity index (χ0n) is 11.4. The minimum Gasteiger partial charge on any atom is -0.373 e. The lowest BCUT2D eigenvalue weighted by atomic mass is 10.4. The van der Waals surface area contributed by atoms with Crippen molar-refractivity contribution < 1.29 is 4.79 Å². The van der Waals surface area contributed by atoms with Gasteiger partial charge in [0.25, 0.3) is 5.91 Å². The van der Waals surface area contributed by atoms with E-state index in [1.54, 1.807) is 24.0 Å². The Kier molecular flexibility index (Phi) is 3.09. The van der Waals surface area contributed by atoms with Crippen LogP contribution in [0.3, 0.4) is 0 Å². The van der Waals surface area contributed by atoms with E-state index in [1.807, 2.05) is 13.1 Å². The lowest BCUT2D eigenvalue weighted by molar-refractivity contribution is 0.0957. The van der Waals surface area contributed by atoms with Crippen molar-refractivity contribution in [2.24, 2.45) is 0 Å². The number of rotatable bonds is 4. The average Bonchev–Trinajstić information content (AvgIpc) is 3.23. The van der Waals surface area contributed by atoms with Crippen LogP contribution in [-0.2, 0) is 0 Å². The van der Waals surface area contributed by atoms with Gasteiger partial charge in [0, 0.05) is 32.3 Å².